The van der Waals surface area contributed by atoms with Crippen molar-refractivity contribution in [2.75, 3.05) is 12.0 Å². The largest absolute Gasteiger partial charge is 0.336 e. The number of benzene rings is 1. The first-order chi connectivity index (χ1) is 9.02. The number of hydrazine groups is 1. The highest BCUT2D eigenvalue weighted by molar-refractivity contribution is 5.96. The van der Waals surface area contributed by atoms with E-state index in [4.69, 9.17) is 5.84 Å². The maximum Gasteiger partial charge on any atom is 0.254 e. The number of hydrogen-bond donors (Lipinski definition) is 2. The Kier molecular flexibility index (Phi) is 4.10. The molecule has 0 heterocycles. The molecule has 0 aliphatic heterocycles. The summed E-state index contributed by atoms with van der Waals surface area (Å²) in [6.45, 7) is 6.98. The summed E-state index contributed by atoms with van der Waals surface area (Å²) in [6.07, 6.45) is 2.51. The lowest BCUT2D eigenvalue weighted by atomic mass is 10.1. The van der Waals surface area contributed by atoms with Crippen LogP contribution in [0.4, 0.5) is 5.69 Å². The van der Waals surface area contributed by atoms with Gasteiger partial charge in [0.2, 0.25) is 0 Å². The highest BCUT2D eigenvalue weighted by atomic mass is 16.2. The quantitative estimate of drug-likeness (QED) is 0.632. The number of nitrogens with one attached hydrogen (secondary N) is 1. The molecule has 1 fully saturated rings. The number of nitrogens with zero attached hydrogens (tertiary/aromatic N) is 1. The number of carbonyl (C=O) groups excluding carboxylic acids is 1. The van der Waals surface area contributed by atoms with Crippen LogP contribution in [0.15, 0.2) is 18.2 Å². The van der Waals surface area contributed by atoms with E-state index >= 15 is 0 Å². The molecular weight excluding hydrogens is 238 g/mol. The Labute approximate surface area is 114 Å². The summed E-state index contributed by atoms with van der Waals surface area (Å²) in [4.78, 5) is 14.6. The third-order valence-electron chi connectivity index (χ3n) is 3.66. The van der Waals surface area contributed by atoms with Crippen LogP contribution in [-0.2, 0) is 0 Å². The van der Waals surface area contributed by atoms with E-state index in [2.05, 4.69) is 19.3 Å². The van der Waals surface area contributed by atoms with Gasteiger partial charge in [0, 0.05) is 23.8 Å². The van der Waals surface area contributed by atoms with Gasteiger partial charge < -0.3 is 10.3 Å². The zero-order valence-corrected chi connectivity index (χ0v) is 11.9. The molecule has 0 unspecified atom stereocenters. The molecule has 19 heavy (non-hydrogen) atoms. The molecule has 1 aromatic carbocycles. The van der Waals surface area contributed by atoms with Crippen molar-refractivity contribution in [2.45, 2.75) is 39.7 Å². The van der Waals surface area contributed by atoms with E-state index in [1.807, 2.05) is 30.0 Å². The Morgan fingerprint density at radius 1 is 1.47 bits per heavy atom. The summed E-state index contributed by atoms with van der Waals surface area (Å²) < 4.78 is 0. The Bertz CT molecular complexity index is 466. The first-order valence-corrected chi connectivity index (χ1v) is 6.91. The van der Waals surface area contributed by atoms with Crippen LogP contribution in [0.25, 0.3) is 0 Å². The summed E-state index contributed by atoms with van der Waals surface area (Å²) in [5.74, 6) is 6.21. The second-order valence-corrected chi connectivity index (χ2v) is 5.67. The van der Waals surface area contributed by atoms with Gasteiger partial charge in [-0.1, -0.05) is 0 Å². The maximum atomic E-state index is 12.6. The number of rotatable bonds is 5. The predicted molar refractivity (Wildman–Crippen MR) is 77.9 cm³/mol. The smallest absolute Gasteiger partial charge is 0.254 e. The summed E-state index contributed by atoms with van der Waals surface area (Å²) in [6, 6.07) is 5.84. The SMILES string of the molecule is Cc1cc(NN)ccc1C(=O)N(CC1CC1)C(C)C. The van der Waals surface area contributed by atoms with Crippen LogP contribution in [0.5, 0.6) is 0 Å². The fourth-order valence-corrected chi connectivity index (χ4v) is 2.25. The number of nitrogens with two attached hydrogens (primary N) is 1. The van der Waals surface area contributed by atoms with Crippen molar-refractivity contribution in [3.8, 4) is 0 Å². The molecule has 0 aromatic heterocycles. The van der Waals surface area contributed by atoms with Gasteiger partial charge in [-0.3, -0.25) is 10.6 Å². The van der Waals surface area contributed by atoms with Crippen LogP contribution in [0.2, 0.25) is 0 Å². The monoisotopic (exact) mass is 261 g/mol. The van der Waals surface area contributed by atoms with E-state index < -0.39 is 0 Å². The van der Waals surface area contributed by atoms with E-state index in [9.17, 15) is 4.79 Å². The van der Waals surface area contributed by atoms with E-state index in [-0.39, 0.29) is 11.9 Å². The van der Waals surface area contributed by atoms with Crippen LogP contribution in [-0.4, -0.2) is 23.4 Å². The molecule has 1 amide bonds. The molecule has 104 valence electrons. The highest BCUT2D eigenvalue weighted by Crippen LogP contribution is 2.31. The number of nitrogen functional groups attached to an aromatic ring is 1. The number of hydrogen-bond acceptors (Lipinski definition) is 3. The summed E-state index contributed by atoms with van der Waals surface area (Å²) >= 11 is 0. The molecule has 4 nitrogen and oxygen atoms in total. The van der Waals surface area contributed by atoms with Gasteiger partial charge in [-0.2, -0.15) is 0 Å². The molecule has 0 spiro atoms. The van der Waals surface area contributed by atoms with Gasteiger partial charge in [0.25, 0.3) is 5.91 Å². The average molecular weight is 261 g/mol. The van der Waals surface area contributed by atoms with E-state index in [1.54, 1.807) is 0 Å². The van der Waals surface area contributed by atoms with Gasteiger partial charge in [0.1, 0.15) is 0 Å². The Balaban J connectivity index is 2.20. The number of carbonyl (C=O) groups is 1. The summed E-state index contributed by atoms with van der Waals surface area (Å²) in [5, 5.41) is 0. The van der Waals surface area contributed by atoms with Gasteiger partial charge in [0.05, 0.1) is 0 Å². The van der Waals surface area contributed by atoms with Crippen molar-refractivity contribution in [2.24, 2.45) is 11.8 Å². The molecule has 0 bridgehead atoms. The third-order valence-corrected chi connectivity index (χ3v) is 3.66. The van der Waals surface area contributed by atoms with Crippen molar-refractivity contribution in [1.29, 1.82) is 0 Å². The highest BCUT2D eigenvalue weighted by Gasteiger charge is 2.29. The van der Waals surface area contributed by atoms with E-state index in [0.717, 1.165) is 23.4 Å². The number of amides is 1. The first-order valence-electron chi connectivity index (χ1n) is 6.91. The molecule has 2 rings (SSSR count). The summed E-state index contributed by atoms with van der Waals surface area (Å²) in [5.41, 5.74) is 5.16. The lowest BCUT2D eigenvalue weighted by molar-refractivity contribution is 0.0695. The van der Waals surface area contributed by atoms with E-state index in [1.165, 1.54) is 12.8 Å². The van der Waals surface area contributed by atoms with Gasteiger partial charge in [0.15, 0.2) is 0 Å². The minimum Gasteiger partial charge on any atom is -0.336 e. The molecule has 4 heteroatoms. The maximum absolute atomic E-state index is 12.6. The fraction of sp³-hybridized carbons (Fsp3) is 0.533. The molecule has 1 saturated carbocycles. The second-order valence-electron chi connectivity index (χ2n) is 5.67. The molecule has 1 aliphatic carbocycles. The Hall–Kier alpha value is -1.55. The van der Waals surface area contributed by atoms with Crippen molar-refractivity contribution >= 4 is 11.6 Å². The van der Waals surface area contributed by atoms with Crippen molar-refractivity contribution in [3.63, 3.8) is 0 Å². The first kappa shape index (κ1) is 13.9. The zero-order chi connectivity index (χ0) is 14.0. The lowest BCUT2D eigenvalue weighted by Gasteiger charge is -2.27. The predicted octanol–water partition coefficient (Wildman–Crippen LogP) is 2.54. The topological polar surface area (TPSA) is 58.4 Å². The lowest BCUT2D eigenvalue weighted by Crippen LogP contribution is -2.38. The van der Waals surface area contributed by atoms with Crippen LogP contribution >= 0.6 is 0 Å². The molecular formula is C15H23N3O. The summed E-state index contributed by atoms with van der Waals surface area (Å²) in [7, 11) is 0. The zero-order valence-electron chi connectivity index (χ0n) is 11.9. The average Bonchev–Trinajstić information content (AvgIpc) is 3.18. The Morgan fingerprint density at radius 3 is 2.63 bits per heavy atom. The Morgan fingerprint density at radius 2 is 2.16 bits per heavy atom. The van der Waals surface area contributed by atoms with Gasteiger partial charge in [-0.25, -0.2) is 0 Å². The fourth-order valence-electron chi connectivity index (χ4n) is 2.25. The number of anilines is 1. The normalized spacial score (nSPS) is 14.6. The van der Waals surface area contributed by atoms with Crippen LogP contribution in [0, 0.1) is 12.8 Å². The van der Waals surface area contributed by atoms with Gasteiger partial charge in [-0.05, 0) is 63.3 Å². The van der Waals surface area contributed by atoms with Crippen molar-refractivity contribution in [1.82, 2.24) is 4.90 Å². The van der Waals surface area contributed by atoms with Crippen LogP contribution in [0.3, 0.4) is 0 Å². The van der Waals surface area contributed by atoms with Gasteiger partial charge in [-0.15, -0.1) is 0 Å². The molecule has 0 saturated heterocycles. The molecule has 1 aliphatic rings. The second kappa shape index (κ2) is 5.61. The molecule has 0 atom stereocenters. The number of aryl methyl sites for hydroxylation is 1. The van der Waals surface area contributed by atoms with Gasteiger partial charge >= 0.3 is 0 Å². The van der Waals surface area contributed by atoms with Crippen LogP contribution in [0.1, 0.15) is 42.6 Å². The van der Waals surface area contributed by atoms with E-state index in [0.29, 0.717) is 5.92 Å². The standard InChI is InChI=1S/C15H23N3O/c1-10(2)18(9-12-4-5-12)15(19)14-7-6-13(17-16)8-11(14)3/h6-8,10,12,17H,4-5,9,16H2,1-3H3. The van der Waals surface area contributed by atoms with Crippen LogP contribution < -0.4 is 11.3 Å². The molecule has 1 aromatic rings. The molecule has 0 radical (unpaired) electrons. The van der Waals surface area contributed by atoms with Crippen molar-refractivity contribution in [3.05, 3.63) is 29.3 Å². The minimum atomic E-state index is 0.128. The third kappa shape index (κ3) is 3.26. The molecule has 3 N–H and O–H groups in total. The minimum absolute atomic E-state index is 0.128. The van der Waals surface area contributed by atoms with Crippen molar-refractivity contribution < 1.29 is 4.79 Å².